The molecule has 13 heavy (non-hydrogen) atoms. The van der Waals surface area contributed by atoms with E-state index in [1.807, 2.05) is 25.1 Å². The molecule has 0 spiro atoms. The third-order valence-electron chi connectivity index (χ3n) is 1.71. The first kappa shape index (κ1) is 10.2. The lowest BCUT2D eigenvalue weighted by Gasteiger charge is -2.11. The third-order valence-corrected chi connectivity index (χ3v) is 2.00. The van der Waals surface area contributed by atoms with Crippen LogP contribution in [-0.2, 0) is 5.88 Å². The monoisotopic (exact) mass is 200 g/mol. The van der Waals surface area contributed by atoms with Gasteiger partial charge < -0.3 is 9.47 Å². The molecule has 0 fully saturated rings. The minimum absolute atomic E-state index is 0.435. The molecule has 0 N–H and O–H groups in total. The number of ether oxygens (including phenoxy) is 2. The van der Waals surface area contributed by atoms with Crippen LogP contribution in [0.4, 0.5) is 0 Å². The van der Waals surface area contributed by atoms with Crippen LogP contribution in [0.3, 0.4) is 0 Å². The van der Waals surface area contributed by atoms with E-state index in [1.54, 1.807) is 7.11 Å². The first-order valence-corrected chi connectivity index (χ1v) is 4.71. The predicted octanol–water partition coefficient (Wildman–Crippen LogP) is 2.83. The van der Waals surface area contributed by atoms with Crippen molar-refractivity contribution in [1.82, 2.24) is 0 Å². The molecule has 2 nitrogen and oxygen atoms in total. The zero-order valence-corrected chi connectivity index (χ0v) is 8.60. The Kier molecular flexibility index (Phi) is 3.90. The van der Waals surface area contributed by atoms with Gasteiger partial charge in [-0.25, -0.2) is 0 Å². The van der Waals surface area contributed by atoms with Crippen LogP contribution in [0, 0.1) is 0 Å². The molecule has 0 unspecified atom stereocenters. The van der Waals surface area contributed by atoms with Crippen molar-refractivity contribution in [3.8, 4) is 11.5 Å². The lowest BCUT2D eigenvalue weighted by molar-refractivity contribution is 0.309. The molecular formula is C10H13ClO2. The average Bonchev–Trinajstić information content (AvgIpc) is 2.18. The summed E-state index contributed by atoms with van der Waals surface area (Å²) in [6.45, 7) is 2.56. The molecule has 0 heterocycles. The highest BCUT2D eigenvalue weighted by Crippen LogP contribution is 2.31. The van der Waals surface area contributed by atoms with Crippen LogP contribution in [0.25, 0.3) is 0 Å². The highest BCUT2D eigenvalue weighted by Gasteiger charge is 2.07. The molecule has 0 aliphatic heterocycles. The number of para-hydroxylation sites is 1. The van der Waals surface area contributed by atoms with Crippen LogP contribution in [0.5, 0.6) is 11.5 Å². The van der Waals surface area contributed by atoms with Gasteiger partial charge in [-0.2, -0.15) is 0 Å². The summed E-state index contributed by atoms with van der Waals surface area (Å²) < 4.78 is 10.6. The first-order valence-electron chi connectivity index (χ1n) is 4.18. The van der Waals surface area contributed by atoms with Gasteiger partial charge in [0, 0.05) is 5.56 Å². The van der Waals surface area contributed by atoms with Gasteiger partial charge in [-0.05, 0) is 13.0 Å². The zero-order valence-electron chi connectivity index (χ0n) is 7.84. The summed E-state index contributed by atoms with van der Waals surface area (Å²) in [5, 5.41) is 0. The van der Waals surface area contributed by atoms with Crippen LogP contribution in [0.2, 0.25) is 0 Å². The number of methoxy groups -OCH3 is 1. The highest BCUT2D eigenvalue weighted by atomic mass is 35.5. The minimum Gasteiger partial charge on any atom is -0.493 e. The smallest absolute Gasteiger partial charge is 0.165 e. The van der Waals surface area contributed by atoms with Crippen LogP contribution in [-0.4, -0.2) is 13.7 Å². The predicted molar refractivity (Wildman–Crippen MR) is 53.7 cm³/mol. The fourth-order valence-electron chi connectivity index (χ4n) is 1.17. The van der Waals surface area contributed by atoms with E-state index < -0.39 is 0 Å². The van der Waals surface area contributed by atoms with Crippen LogP contribution in [0.15, 0.2) is 18.2 Å². The van der Waals surface area contributed by atoms with Gasteiger partial charge in [0.05, 0.1) is 19.6 Å². The zero-order chi connectivity index (χ0) is 9.68. The van der Waals surface area contributed by atoms with Crippen molar-refractivity contribution >= 4 is 11.6 Å². The van der Waals surface area contributed by atoms with Crippen molar-refractivity contribution in [2.75, 3.05) is 13.7 Å². The van der Waals surface area contributed by atoms with E-state index in [0.717, 1.165) is 17.1 Å². The van der Waals surface area contributed by atoms with Crippen molar-refractivity contribution in [3.05, 3.63) is 23.8 Å². The lowest BCUT2D eigenvalue weighted by Crippen LogP contribution is -1.97. The highest BCUT2D eigenvalue weighted by molar-refractivity contribution is 6.17. The van der Waals surface area contributed by atoms with Crippen molar-refractivity contribution in [2.45, 2.75) is 12.8 Å². The molecule has 0 bridgehead atoms. The van der Waals surface area contributed by atoms with Crippen LogP contribution < -0.4 is 9.47 Å². The maximum Gasteiger partial charge on any atom is 0.165 e. The Morgan fingerprint density at radius 2 is 2.15 bits per heavy atom. The van der Waals surface area contributed by atoms with Crippen molar-refractivity contribution in [1.29, 1.82) is 0 Å². The van der Waals surface area contributed by atoms with Crippen LogP contribution in [0.1, 0.15) is 12.5 Å². The Morgan fingerprint density at radius 3 is 2.69 bits per heavy atom. The second kappa shape index (κ2) is 4.97. The molecule has 1 aromatic rings. The normalized spacial score (nSPS) is 9.77. The summed E-state index contributed by atoms with van der Waals surface area (Å²) in [4.78, 5) is 0. The lowest BCUT2D eigenvalue weighted by atomic mass is 10.2. The average molecular weight is 201 g/mol. The first-order chi connectivity index (χ1) is 6.33. The molecule has 0 saturated carbocycles. The fraction of sp³-hybridized carbons (Fsp3) is 0.400. The van der Waals surface area contributed by atoms with Gasteiger partial charge in [0.15, 0.2) is 11.5 Å². The van der Waals surface area contributed by atoms with E-state index in [4.69, 9.17) is 21.1 Å². The summed E-state index contributed by atoms with van der Waals surface area (Å²) in [5.74, 6) is 1.92. The molecule has 3 heteroatoms. The van der Waals surface area contributed by atoms with E-state index in [1.165, 1.54) is 0 Å². The fourth-order valence-corrected chi connectivity index (χ4v) is 1.38. The Morgan fingerprint density at radius 1 is 1.38 bits per heavy atom. The van der Waals surface area contributed by atoms with Gasteiger partial charge in [-0.15, -0.1) is 11.6 Å². The number of benzene rings is 1. The molecule has 0 atom stereocenters. The molecular weight excluding hydrogens is 188 g/mol. The standard InChI is InChI=1S/C10H13ClO2/c1-3-13-9-6-4-5-8(7-11)10(9)12-2/h4-6H,3,7H2,1-2H3. The van der Waals surface area contributed by atoms with E-state index in [-0.39, 0.29) is 0 Å². The van der Waals surface area contributed by atoms with Gasteiger partial charge in [0.2, 0.25) is 0 Å². The maximum absolute atomic E-state index is 5.75. The summed E-state index contributed by atoms with van der Waals surface area (Å²) in [5.41, 5.74) is 0.954. The summed E-state index contributed by atoms with van der Waals surface area (Å²) in [7, 11) is 1.62. The number of rotatable bonds is 4. The summed E-state index contributed by atoms with van der Waals surface area (Å²) >= 11 is 5.75. The molecule has 0 aromatic heterocycles. The van der Waals surface area contributed by atoms with Crippen molar-refractivity contribution in [2.24, 2.45) is 0 Å². The number of halogens is 1. The molecule has 0 radical (unpaired) electrons. The molecule has 1 rings (SSSR count). The summed E-state index contributed by atoms with van der Waals surface area (Å²) in [6.07, 6.45) is 0. The van der Waals surface area contributed by atoms with E-state index >= 15 is 0 Å². The second-order valence-electron chi connectivity index (χ2n) is 2.52. The van der Waals surface area contributed by atoms with Gasteiger partial charge in [0.25, 0.3) is 0 Å². The van der Waals surface area contributed by atoms with Gasteiger partial charge in [-0.3, -0.25) is 0 Å². The van der Waals surface area contributed by atoms with Gasteiger partial charge in [0.1, 0.15) is 0 Å². The second-order valence-corrected chi connectivity index (χ2v) is 2.78. The summed E-state index contributed by atoms with van der Waals surface area (Å²) in [6, 6.07) is 5.71. The molecule has 0 amide bonds. The molecule has 0 saturated heterocycles. The van der Waals surface area contributed by atoms with Gasteiger partial charge in [-0.1, -0.05) is 12.1 Å². The Labute approximate surface area is 83.4 Å². The Hall–Kier alpha value is -0.890. The molecule has 0 aliphatic carbocycles. The molecule has 0 aliphatic rings. The van der Waals surface area contributed by atoms with E-state index in [2.05, 4.69) is 0 Å². The van der Waals surface area contributed by atoms with Crippen molar-refractivity contribution in [3.63, 3.8) is 0 Å². The van der Waals surface area contributed by atoms with Crippen molar-refractivity contribution < 1.29 is 9.47 Å². The number of hydrogen-bond acceptors (Lipinski definition) is 2. The SMILES string of the molecule is CCOc1cccc(CCl)c1OC. The topological polar surface area (TPSA) is 18.5 Å². The molecule has 72 valence electrons. The maximum atomic E-state index is 5.75. The van der Waals surface area contributed by atoms with E-state index in [9.17, 15) is 0 Å². The Bertz CT molecular complexity index is 274. The largest absolute Gasteiger partial charge is 0.493 e. The van der Waals surface area contributed by atoms with Crippen LogP contribution >= 0.6 is 11.6 Å². The van der Waals surface area contributed by atoms with E-state index in [0.29, 0.717) is 12.5 Å². The third kappa shape index (κ3) is 2.28. The van der Waals surface area contributed by atoms with Gasteiger partial charge >= 0.3 is 0 Å². The molecule has 1 aromatic carbocycles. The number of hydrogen-bond donors (Lipinski definition) is 0. The quantitative estimate of drug-likeness (QED) is 0.696. The minimum atomic E-state index is 0.435. The Balaban J connectivity index is 3.03. The number of alkyl halides is 1.